The number of nitrogens with one attached hydrogen (secondary N) is 1. The van der Waals surface area contributed by atoms with Crippen LogP contribution in [0.25, 0.3) is 16.8 Å². The van der Waals surface area contributed by atoms with Crippen LogP contribution in [0.1, 0.15) is 41.8 Å². The van der Waals surface area contributed by atoms with Crippen molar-refractivity contribution in [1.82, 2.24) is 10.4 Å². The van der Waals surface area contributed by atoms with Crippen LogP contribution in [0.5, 0.6) is 0 Å². The Bertz CT molecular complexity index is 1020. The number of hydrogen-bond acceptors (Lipinski definition) is 5. The molecule has 4 rings (SSSR count). The quantitative estimate of drug-likeness (QED) is 0.480. The molecule has 1 fully saturated rings. The van der Waals surface area contributed by atoms with Crippen LogP contribution >= 0.6 is 0 Å². The van der Waals surface area contributed by atoms with Crippen LogP contribution in [-0.2, 0) is 27.9 Å². The van der Waals surface area contributed by atoms with E-state index in [2.05, 4.69) is 22.3 Å². The van der Waals surface area contributed by atoms with Gasteiger partial charge < -0.3 is 9.47 Å². The average molecular weight is 443 g/mol. The van der Waals surface area contributed by atoms with E-state index in [1.54, 1.807) is 7.11 Å². The second kappa shape index (κ2) is 9.03. The Kier molecular flexibility index (Phi) is 6.35. The van der Waals surface area contributed by atoms with Crippen LogP contribution in [0.4, 0.5) is 8.78 Å². The minimum Gasteiger partial charge on any atom is -0.381 e. The molecule has 0 radical (unpaired) electrons. The number of rotatable bonds is 7. The minimum atomic E-state index is -2.79. The van der Waals surface area contributed by atoms with Gasteiger partial charge in [-0.15, -0.1) is 0 Å². The van der Waals surface area contributed by atoms with Gasteiger partial charge >= 0.3 is 0 Å². The van der Waals surface area contributed by atoms with Crippen molar-refractivity contribution >= 4 is 5.70 Å². The van der Waals surface area contributed by atoms with Crippen molar-refractivity contribution in [3.8, 4) is 11.1 Å². The Morgan fingerprint density at radius 3 is 2.72 bits per heavy atom. The fraction of sp³-hybridized carbons (Fsp3) is 0.458. The Labute approximate surface area is 186 Å². The van der Waals surface area contributed by atoms with Crippen LogP contribution in [0.2, 0.25) is 0 Å². The number of pyridine rings is 1. The second-order valence-electron chi connectivity index (χ2n) is 8.30. The molecule has 2 heterocycles. The molecule has 2 aromatic rings. The van der Waals surface area contributed by atoms with Gasteiger partial charge in [-0.25, -0.2) is 8.78 Å². The zero-order valence-corrected chi connectivity index (χ0v) is 18.5. The van der Waals surface area contributed by atoms with Gasteiger partial charge in [0.15, 0.2) is 0 Å². The lowest BCUT2D eigenvalue weighted by molar-refractivity contribution is -0.0594. The van der Waals surface area contributed by atoms with E-state index >= 15 is 0 Å². The fourth-order valence-electron chi connectivity index (χ4n) is 4.73. The molecule has 0 bridgehead atoms. The number of aromatic nitrogens is 1. The maximum atomic E-state index is 14.6. The number of ether oxygens (including phenoxy) is 2. The fourth-order valence-corrected chi connectivity index (χ4v) is 4.73. The Morgan fingerprint density at radius 1 is 1.28 bits per heavy atom. The summed E-state index contributed by atoms with van der Waals surface area (Å²) in [4.78, 5) is 4.96. The molecule has 0 spiro atoms. The molecule has 2 aliphatic rings. The third-order valence-corrected chi connectivity index (χ3v) is 6.11. The van der Waals surface area contributed by atoms with E-state index < -0.39 is 11.5 Å². The normalized spacial score (nSPS) is 22.1. The summed E-state index contributed by atoms with van der Waals surface area (Å²) in [7, 11) is 3.16. The van der Waals surface area contributed by atoms with Crippen molar-refractivity contribution in [1.29, 1.82) is 0 Å². The molecular weight excluding hydrogens is 414 g/mol. The molecule has 1 aromatic heterocycles. The summed E-state index contributed by atoms with van der Waals surface area (Å²) in [5.74, 6) is -2.79. The van der Waals surface area contributed by atoms with Crippen molar-refractivity contribution in [2.45, 2.75) is 43.6 Å². The van der Waals surface area contributed by atoms with Gasteiger partial charge in [-0.3, -0.25) is 10.4 Å². The van der Waals surface area contributed by atoms with Crippen LogP contribution in [0.3, 0.4) is 0 Å². The minimum absolute atomic E-state index is 0.201. The molecule has 32 heavy (non-hydrogen) atoms. The smallest absolute Gasteiger partial charge is 0.252 e. The third kappa shape index (κ3) is 4.17. The van der Waals surface area contributed by atoms with Gasteiger partial charge in [0.05, 0.1) is 25.0 Å². The van der Waals surface area contributed by atoms with E-state index in [1.165, 1.54) is 7.05 Å². The summed E-state index contributed by atoms with van der Waals surface area (Å²) in [6, 6.07) is 9.53. The number of nitrogens with zero attached hydrogens (tertiary/aromatic N) is 3. The first-order chi connectivity index (χ1) is 15.4. The highest BCUT2D eigenvalue weighted by Crippen LogP contribution is 2.46. The summed E-state index contributed by atoms with van der Waals surface area (Å²) < 4.78 is 40.9. The zero-order chi connectivity index (χ0) is 22.8. The molecule has 1 saturated heterocycles. The second-order valence-corrected chi connectivity index (χ2v) is 8.30. The van der Waals surface area contributed by atoms with Gasteiger partial charge in [0.2, 0.25) is 0 Å². The molecule has 1 aliphatic carbocycles. The number of benzene rings is 1. The lowest BCUT2D eigenvalue weighted by Crippen LogP contribution is -2.36. The van der Waals surface area contributed by atoms with E-state index in [0.29, 0.717) is 53.4 Å². The predicted molar refractivity (Wildman–Crippen MR) is 118 cm³/mol. The van der Waals surface area contributed by atoms with Gasteiger partial charge in [0.1, 0.15) is 5.60 Å². The summed E-state index contributed by atoms with van der Waals surface area (Å²) in [5, 5.41) is 7.64. The van der Waals surface area contributed by atoms with Crippen LogP contribution in [0, 0.1) is 0 Å². The molecule has 1 aliphatic heterocycles. The number of alkyl halides is 2. The van der Waals surface area contributed by atoms with Crippen LogP contribution in [0.15, 0.2) is 47.2 Å². The van der Waals surface area contributed by atoms with Gasteiger partial charge in [-0.1, -0.05) is 42.1 Å². The predicted octanol–water partition coefficient (Wildman–Crippen LogP) is 5.08. The topological polar surface area (TPSA) is 68.1 Å². The van der Waals surface area contributed by atoms with E-state index in [0.717, 1.165) is 12.0 Å². The zero-order valence-electron chi connectivity index (χ0n) is 18.5. The highest BCUT2D eigenvalue weighted by molar-refractivity contribution is 5.84. The lowest BCUT2D eigenvalue weighted by atomic mass is 9.80. The van der Waals surface area contributed by atoms with Gasteiger partial charge in [0, 0.05) is 37.8 Å². The van der Waals surface area contributed by atoms with Crippen molar-refractivity contribution in [2.24, 2.45) is 10.3 Å². The van der Waals surface area contributed by atoms with E-state index in [9.17, 15) is 8.78 Å². The summed E-state index contributed by atoms with van der Waals surface area (Å²) in [6.45, 7) is 5.05. The first-order valence-electron chi connectivity index (χ1n) is 10.8. The lowest BCUT2D eigenvalue weighted by Gasteiger charge is -2.34. The maximum Gasteiger partial charge on any atom is 0.252 e. The summed E-state index contributed by atoms with van der Waals surface area (Å²) in [5.41, 5.74) is 6.53. The van der Waals surface area contributed by atoms with E-state index in [4.69, 9.17) is 14.5 Å². The van der Waals surface area contributed by atoms with Crippen molar-refractivity contribution < 1.29 is 18.3 Å². The Morgan fingerprint density at radius 2 is 2.06 bits per heavy atom. The number of methoxy groups -OCH3 is 1. The number of fused-ring (bicyclic) bond motifs is 1. The average Bonchev–Trinajstić information content (AvgIpc) is 3.26. The third-order valence-electron chi connectivity index (χ3n) is 6.11. The molecule has 1 atom stereocenters. The van der Waals surface area contributed by atoms with E-state index in [-0.39, 0.29) is 19.3 Å². The molecular formula is C24H28F2N4O2. The first-order valence-corrected chi connectivity index (χ1v) is 10.8. The molecule has 1 N–H and O–H groups in total. The SMILES string of the molecule is C=C(NN=NC)c1c(C2(COC)CCCO2)nc2c(c1-c1ccccc1)CC(F)(F)CC2. The highest BCUT2D eigenvalue weighted by atomic mass is 19.3. The van der Waals surface area contributed by atoms with Crippen molar-refractivity contribution in [3.63, 3.8) is 0 Å². The van der Waals surface area contributed by atoms with Crippen molar-refractivity contribution in [2.75, 3.05) is 27.4 Å². The summed E-state index contributed by atoms with van der Waals surface area (Å²) >= 11 is 0. The molecule has 0 amide bonds. The monoisotopic (exact) mass is 442 g/mol. The summed E-state index contributed by atoms with van der Waals surface area (Å²) in [6.07, 6.45) is 1.18. The molecule has 1 unspecified atom stereocenters. The van der Waals surface area contributed by atoms with E-state index in [1.807, 2.05) is 30.3 Å². The number of halogens is 2. The Balaban J connectivity index is 2.05. The molecule has 0 saturated carbocycles. The van der Waals surface area contributed by atoms with Crippen LogP contribution in [-0.4, -0.2) is 38.3 Å². The van der Waals surface area contributed by atoms with Crippen LogP contribution < -0.4 is 5.43 Å². The molecule has 1 aromatic carbocycles. The van der Waals surface area contributed by atoms with Gasteiger partial charge in [-0.05, 0) is 36.0 Å². The molecule has 170 valence electrons. The molecule has 8 heteroatoms. The largest absolute Gasteiger partial charge is 0.381 e. The van der Waals surface area contributed by atoms with Gasteiger partial charge in [0.25, 0.3) is 5.92 Å². The maximum absolute atomic E-state index is 14.6. The highest BCUT2D eigenvalue weighted by Gasteiger charge is 2.44. The van der Waals surface area contributed by atoms with Crippen molar-refractivity contribution in [3.05, 3.63) is 59.4 Å². The Hall–Kier alpha value is -2.71. The molecule has 6 nitrogen and oxygen atoms in total. The first kappa shape index (κ1) is 22.5. The number of hydrogen-bond donors (Lipinski definition) is 1. The number of aryl methyl sites for hydroxylation is 1. The van der Waals surface area contributed by atoms with Gasteiger partial charge in [-0.2, -0.15) is 5.11 Å². The standard InChI is InChI=1S/C24H28F2N4O2/c1-16(29-30-27-2)20-21(17-8-5-4-6-9-17)18-14-24(25,26)12-10-19(18)28-22(20)23(15-31-3)11-7-13-32-23/h4-6,8-9H,1,7,10-15H2,2-3H3,(H,27,29).